The van der Waals surface area contributed by atoms with Gasteiger partial charge in [0.15, 0.2) is 0 Å². The third-order valence-electron chi connectivity index (χ3n) is 3.92. The van der Waals surface area contributed by atoms with E-state index in [4.69, 9.17) is 26.2 Å². The van der Waals surface area contributed by atoms with E-state index in [0.29, 0.717) is 55.5 Å². The second-order valence-electron chi connectivity index (χ2n) is 6.25. The van der Waals surface area contributed by atoms with Crippen molar-refractivity contribution in [3.05, 3.63) is 23.2 Å². The summed E-state index contributed by atoms with van der Waals surface area (Å²) in [6.07, 6.45) is 4.80. The van der Waals surface area contributed by atoms with E-state index < -0.39 is 16.0 Å². The number of benzene rings is 1. The van der Waals surface area contributed by atoms with Crippen molar-refractivity contribution >= 4 is 27.6 Å². The van der Waals surface area contributed by atoms with Crippen LogP contribution in [0.25, 0.3) is 0 Å². The van der Waals surface area contributed by atoms with Crippen molar-refractivity contribution in [3.8, 4) is 11.5 Å². The molecule has 0 saturated heterocycles. The summed E-state index contributed by atoms with van der Waals surface area (Å²) < 4.78 is 36.0. The summed E-state index contributed by atoms with van der Waals surface area (Å²) in [7, 11) is -1.75. The zero-order chi connectivity index (χ0) is 20.3. The van der Waals surface area contributed by atoms with Gasteiger partial charge in [0.25, 0.3) is 0 Å². The molecule has 1 aromatic rings. The van der Waals surface area contributed by atoms with Crippen molar-refractivity contribution in [3.63, 3.8) is 0 Å². The minimum atomic E-state index is -3.29. The second kappa shape index (κ2) is 12.0. The molecule has 0 fully saturated rings. The number of hydrogen-bond donors (Lipinski definition) is 1. The summed E-state index contributed by atoms with van der Waals surface area (Å²) in [4.78, 5) is 10.5. The Bertz CT molecular complexity index is 695. The third kappa shape index (κ3) is 10.4. The fourth-order valence-electron chi connectivity index (χ4n) is 2.53. The molecule has 0 aliphatic heterocycles. The molecular weight excluding hydrogens is 394 g/mol. The number of carbonyl (C=O) groups is 1. The molecule has 7 nitrogen and oxygen atoms in total. The Morgan fingerprint density at radius 2 is 1.70 bits per heavy atom. The van der Waals surface area contributed by atoms with Crippen molar-refractivity contribution < 1.29 is 27.8 Å². The first-order valence-corrected chi connectivity index (χ1v) is 11.1. The lowest BCUT2D eigenvalue weighted by Gasteiger charge is -2.20. The molecule has 27 heavy (non-hydrogen) atoms. The van der Waals surface area contributed by atoms with Gasteiger partial charge in [-0.25, -0.2) is 12.7 Å². The van der Waals surface area contributed by atoms with Gasteiger partial charge in [-0.05, 0) is 31.4 Å². The van der Waals surface area contributed by atoms with E-state index in [1.165, 1.54) is 10.6 Å². The van der Waals surface area contributed by atoms with Crippen molar-refractivity contribution in [2.24, 2.45) is 0 Å². The minimum absolute atomic E-state index is 0.154. The Balaban J connectivity index is 2.36. The molecule has 1 N–H and O–H groups in total. The highest BCUT2D eigenvalue weighted by molar-refractivity contribution is 7.88. The number of halogens is 1. The van der Waals surface area contributed by atoms with Crippen molar-refractivity contribution in [1.29, 1.82) is 0 Å². The van der Waals surface area contributed by atoms with E-state index in [9.17, 15) is 13.2 Å². The molecular formula is C18H28ClNO6S. The second-order valence-corrected chi connectivity index (χ2v) is 8.67. The molecule has 9 heteroatoms. The van der Waals surface area contributed by atoms with Gasteiger partial charge in [0.05, 0.1) is 20.0 Å². The Morgan fingerprint density at radius 1 is 1.07 bits per heavy atom. The minimum Gasteiger partial charge on any atom is -0.497 e. The normalized spacial score (nSPS) is 11.6. The van der Waals surface area contributed by atoms with Crippen LogP contribution in [0, 0.1) is 0 Å². The lowest BCUT2D eigenvalue weighted by molar-refractivity contribution is -0.137. The number of carboxylic acids is 1. The molecule has 154 valence electrons. The number of ether oxygens (including phenoxy) is 2. The molecule has 0 radical (unpaired) electrons. The van der Waals surface area contributed by atoms with E-state index in [-0.39, 0.29) is 6.42 Å². The van der Waals surface area contributed by atoms with E-state index in [2.05, 4.69) is 0 Å². The molecule has 1 rings (SSSR count). The predicted molar refractivity (Wildman–Crippen MR) is 105 cm³/mol. The smallest absolute Gasteiger partial charge is 0.303 e. The molecule has 0 amide bonds. The fourth-order valence-corrected chi connectivity index (χ4v) is 3.67. The number of aliphatic carboxylic acids is 1. The molecule has 0 spiro atoms. The van der Waals surface area contributed by atoms with Crippen LogP contribution in [0.3, 0.4) is 0 Å². The van der Waals surface area contributed by atoms with Crippen LogP contribution >= 0.6 is 11.6 Å². The van der Waals surface area contributed by atoms with Crippen LogP contribution < -0.4 is 9.47 Å². The average Bonchev–Trinajstić information content (AvgIpc) is 2.57. The number of unbranched alkanes of at least 4 members (excludes halogenated alkanes) is 3. The third-order valence-corrected chi connectivity index (χ3v) is 5.44. The first kappa shape index (κ1) is 23.5. The molecule has 0 heterocycles. The van der Waals surface area contributed by atoms with Gasteiger partial charge in [-0.2, -0.15) is 0 Å². The molecule has 1 aromatic carbocycles. The van der Waals surface area contributed by atoms with E-state index in [1.54, 1.807) is 25.3 Å². The standard InChI is InChI=1S/C18H28ClNO6S/c1-25-16-12-15(19)13-17(14-16)26-11-7-10-20(27(2,23)24)9-6-4-3-5-8-18(21)22/h12-14H,3-11H2,1-2H3,(H,21,22). The SMILES string of the molecule is COc1cc(Cl)cc(OCCCN(CCCCCCC(=O)O)S(C)(=O)=O)c1. The molecule has 0 saturated carbocycles. The summed E-state index contributed by atoms with van der Waals surface area (Å²) in [6, 6.07) is 5.07. The van der Waals surface area contributed by atoms with Crippen LogP contribution in [-0.4, -0.2) is 56.9 Å². The van der Waals surface area contributed by atoms with Gasteiger partial charge >= 0.3 is 5.97 Å². The average molecular weight is 422 g/mol. The molecule has 0 atom stereocenters. The maximum absolute atomic E-state index is 11.9. The topological polar surface area (TPSA) is 93.1 Å². The maximum atomic E-state index is 11.9. The largest absolute Gasteiger partial charge is 0.497 e. The summed E-state index contributed by atoms with van der Waals surface area (Å²) in [5.41, 5.74) is 0. The Hall–Kier alpha value is -1.51. The Morgan fingerprint density at radius 3 is 2.33 bits per heavy atom. The van der Waals surface area contributed by atoms with Gasteiger partial charge < -0.3 is 14.6 Å². The molecule has 0 bridgehead atoms. The summed E-state index contributed by atoms with van der Waals surface area (Å²) in [5.74, 6) is 0.368. The van der Waals surface area contributed by atoms with Crippen molar-refractivity contribution in [2.75, 3.05) is 33.1 Å². The Kier molecular flexibility index (Phi) is 10.5. The number of nitrogens with zero attached hydrogens (tertiary/aromatic N) is 1. The molecule has 0 aromatic heterocycles. The van der Waals surface area contributed by atoms with Gasteiger partial charge in [0, 0.05) is 30.6 Å². The Labute approximate surface area is 166 Å². The zero-order valence-corrected chi connectivity index (χ0v) is 17.4. The van der Waals surface area contributed by atoms with Gasteiger partial charge in [-0.3, -0.25) is 4.79 Å². The number of hydrogen-bond acceptors (Lipinski definition) is 5. The van der Waals surface area contributed by atoms with Crippen molar-refractivity contribution in [1.82, 2.24) is 4.31 Å². The number of carboxylic acid groups (broad SMARTS) is 1. The van der Waals surface area contributed by atoms with Gasteiger partial charge in [-0.1, -0.05) is 24.4 Å². The van der Waals surface area contributed by atoms with Crippen molar-refractivity contribution in [2.45, 2.75) is 38.5 Å². The molecule has 0 aliphatic carbocycles. The predicted octanol–water partition coefficient (Wildman–Crippen LogP) is 3.41. The van der Waals surface area contributed by atoms with Gasteiger partial charge in [0.1, 0.15) is 11.5 Å². The summed E-state index contributed by atoms with van der Waals surface area (Å²) in [5, 5.41) is 9.10. The molecule has 0 aliphatic rings. The van der Waals surface area contributed by atoms with Crippen LogP contribution in [0.1, 0.15) is 38.5 Å². The highest BCUT2D eigenvalue weighted by Gasteiger charge is 2.15. The lowest BCUT2D eigenvalue weighted by Crippen LogP contribution is -2.32. The lowest BCUT2D eigenvalue weighted by atomic mass is 10.1. The highest BCUT2D eigenvalue weighted by Crippen LogP contribution is 2.25. The summed E-state index contributed by atoms with van der Waals surface area (Å²) in [6.45, 7) is 1.15. The first-order chi connectivity index (χ1) is 12.7. The van der Waals surface area contributed by atoms with Crippen LogP contribution in [0.4, 0.5) is 0 Å². The number of methoxy groups -OCH3 is 1. The molecule has 0 unspecified atom stereocenters. The van der Waals surface area contributed by atoms with Gasteiger partial charge in [0.2, 0.25) is 10.0 Å². The van der Waals surface area contributed by atoms with Crippen LogP contribution in [0.5, 0.6) is 11.5 Å². The first-order valence-electron chi connectivity index (χ1n) is 8.86. The van der Waals surface area contributed by atoms with E-state index >= 15 is 0 Å². The highest BCUT2D eigenvalue weighted by atomic mass is 35.5. The van der Waals surface area contributed by atoms with E-state index in [1.807, 2.05) is 0 Å². The fraction of sp³-hybridized carbons (Fsp3) is 0.611. The number of rotatable bonds is 14. The summed E-state index contributed by atoms with van der Waals surface area (Å²) >= 11 is 5.98. The maximum Gasteiger partial charge on any atom is 0.303 e. The van der Waals surface area contributed by atoms with Crippen LogP contribution in [0.2, 0.25) is 5.02 Å². The number of sulfonamides is 1. The monoisotopic (exact) mass is 421 g/mol. The van der Waals surface area contributed by atoms with E-state index in [0.717, 1.165) is 12.8 Å². The zero-order valence-electron chi connectivity index (χ0n) is 15.8. The quantitative estimate of drug-likeness (QED) is 0.462. The van der Waals surface area contributed by atoms with Gasteiger partial charge in [-0.15, -0.1) is 0 Å². The van der Waals surface area contributed by atoms with Crippen LogP contribution in [0.15, 0.2) is 18.2 Å². The van der Waals surface area contributed by atoms with Crippen LogP contribution in [-0.2, 0) is 14.8 Å².